The first-order valence-electron chi connectivity index (χ1n) is 7.49. The molecule has 1 aliphatic heterocycles. The van der Waals surface area contributed by atoms with Gasteiger partial charge in [0.1, 0.15) is 0 Å². The van der Waals surface area contributed by atoms with E-state index in [9.17, 15) is 15.2 Å². The average Bonchev–Trinajstić information content (AvgIpc) is 2.95. The summed E-state index contributed by atoms with van der Waals surface area (Å²) in [4.78, 5) is 14.1. The van der Waals surface area contributed by atoms with Gasteiger partial charge in [-0.3, -0.25) is 4.79 Å². The second-order valence-electron chi connectivity index (χ2n) is 6.26. The summed E-state index contributed by atoms with van der Waals surface area (Å²) < 4.78 is 0. The van der Waals surface area contributed by atoms with Crippen molar-refractivity contribution in [3.8, 4) is 6.07 Å². The van der Waals surface area contributed by atoms with E-state index in [1.54, 1.807) is 0 Å². The number of nitrogens with zero attached hydrogens (tertiary/aromatic N) is 2. The molecule has 2 fully saturated rings. The van der Waals surface area contributed by atoms with Crippen LogP contribution >= 0.6 is 0 Å². The van der Waals surface area contributed by atoms with Gasteiger partial charge in [-0.05, 0) is 43.4 Å². The maximum absolute atomic E-state index is 12.2. The van der Waals surface area contributed by atoms with Gasteiger partial charge in [-0.15, -0.1) is 0 Å². The average molecular weight is 284 g/mol. The molecule has 21 heavy (non-hydrogen) atoms. The van der Waals surface area contributed by atoms with Crippen LogP contribution in [0, 0.1) is 31.1 Å². The largest absolute Gasteiger partial charge is 0.393 e. The standard InChI is InChI=1S/C17H20N2O2/c1-10-3-4-12(11(2)14(10)8-18)9-19-15-5-6-16(20)13(15)7-17(19)21/h3-4,13,15-16,20H,5-7,9H2,1-2H3/t13?,15?,16-/m0/s1. The van der Waals surface area contributed by atoms with E-state index < -0.39 is 0 Å². The van der Waals surface area contributed by atoms with E-state index in [4.69, 9.17) is 0 Å². The molecule has 4 nitrogen and oxygen atoms in total. The number of rotatable bonds is 2. The summed E-state index contributed by atoms with van der Waals surface area (Å²) in [5, 5.41) is 19.2. The van der Waals surface area contributed by atoms with Crippen LogP contribution in [0.2, 0.25) is 0 Å². The zero-order valence-corrected chi connectivity index (χ0v) is 12.5. The number of carbonyl (C=O) groups excluding carboxylic acids is 1. The van der Waals surface area contributed by atoms with E-state index in [1.807, 2.05) is 30.9 Å². The van der Waals surface area contributed by atoms with Crippen molar-refractivity contribution >= 4 is 5.91 Å². The lowest BCUT2D eigenvalue weighted by molar-refractivity contribution is -0.129. The smallest absolute Gasteiger partial charge is 0.223 e. The lowest BCUT2D eigenvalue weighted by Crippen LogP contribution is -2.33. The molecule has 2 aliphatic rings. The Balaban J connectivity index is 1.88. The van der Waals surface area contributed by atoms with Crippen molar-refractivity contribution < 1.29 is 9.90 Å². The molecule has 1 N–H and O–H groups in total. The second-order valence-corrected chi connectivity index (χ2v) is 6.26. The SMILES string of the molecule is Cc1ccc(CN2C(=O)CC3C2CC[C@@H]3O)c(C)c1C#N. The summed E-state index contributed by atoms with van der Waals surface area (Å²) in [7, 11) is 0. The van der Waals surface area contributed by atoms with Crippen LogP contribution in [-0.2, 0) is 11.3 Å². The number of amides is 1. The number of aliphatic hydroxyl groups is 1. The Kier molecular flexibility index (Phi) is 3.46. The summed E-state index contributed by atoms with van der Waals surface area (Å²) in [6.07, 6.45) is 1.79. The minimum atomic E-state index is -0.335. The van der Waals surface area contributed by atoms with Gasteiger partial charge in [0.25, 0.3) is 0 Å². The lowest BCUT2D eigenvalue weighted by atomic mass is 9.97. The van der Waals surface area contributed by atoms with E-state index in [0.29, 0.717) is 18.5 Å². The summed E-state index contributed by atoms with van der Waals surface area (Å²) >= 11 is 0. The van der Waals surface area contributed by atoms with Crippen LogP contribution in [0.4, 0.5) is 0 Å². The fourth-order valence-corrected chi connectivity index (χ4v) is 3.81. The van der Waals surface area contributed by atoms with Crippen molar-refractivity contribution in [1.82, 2.24) is 4.90 Å². The van der Waals surface area contributed by atoms with Gasteiger partial charge in [0, 0.05) is 24.9 Å². The highest BCUT2D eigenvalue weighted by Gasteiger charge is 2.47. The minimum Gasteiger partial charge on any atom is -0.393 e. The number of hydrogen-bond acceptors (Lipinski definition) is 3. The predicted molar refractivity (Wildman–Crippen MR) is 78.3 cm³/mol. The molecule has 1 saturated heterocycles. The number of aryl methyl sites for hydroxylation is 1. The van der Waals surface area contributed by atoms with Gasteiger partial charge in [-0.25, -0.2) is 0 Å². The van der Waals surface area contributed by atoms with Crippen LogP contribution in [0.15, 0.2) is 12.1 Å². The molecule has 0 spiro atoms. The fraction of sp³-hybridized carbons (Fsp3) is 0.529. The number of hydrogen-bond donors (Lipinski definition) is 1. The van der Waals surface area contributed by atoms with E-state index in [-0.39, 0.29) is 24.0 Å². The Morgan fingerprint density at radius 2 is 2.14 bits per heavy atom. The molecule has 2 unspecified atom stereocenters. The van der Waals surface area contributed by atoms with Gasteiger partial charge in [-0.2, -0.15) is 5.26 Å². The van der Waals surface area contributed by atoms with Crippen molar-refractivity contribution in [2.75, 3.05) is 0 Å². The first kappa shape index (κ1) is 14.1. The molecule has 1 aromatic rings. The van der Waals surface area contributed by atoms with E-state index in [0.717, 1.165) is 29.5 Å². The Hall–Kier alpha value is -1.86. The van der Waals surface area contributed by atoms with Crippen LogP contribution in [0.25, 0.3) is 0 Å². The number of likely N-dealkylation sites (tertiary alicyclic amines) is 1. The molecule has 1 heterocycles. The molecule has 3 atom stereocenters. The van der Waals surface area contributed by atoms with Gasteiger partial charge < -0.3 is 10.0 Å². The molecule has 4 heteroatoms. The normalized spacial score (nSPS) is 27.8. The Morgan fingerprint density at radius 1 is 1.38 bits per heavy atom. The molecule has 0 radical (unpaired) electrons. The minimum absolute atomic E-state index is 0.0960. The molecule has 3 rings (SSSR count). The maximum atomic E-state index is 12.2. The molecule has 110 valence electrons. The Labute approximate surface area is 125 Å². The van der Waals surface area contributed by atoms with Crippen molar-refractivity contribution in [3.63, 3.8) is 0 Å². The lowest BCUT2D eigenvalue weighted by Gasteiger charge is -2.25. The molecule has 1 saturated carbocycles. The summed E-state index contributed by atoms with van der Waals surface area (Å²) in [6, 6.07) is 6.37. The van der Waals surface area contributed by atoms with Gasteiger partial charge in [0.15, 0.2) is 0 Å². The third kappa shape index (κ3) is 2.22. The number of nitriles is 1. The highest BCUT2D eigenvalue weighted by atomic mass is 16.3. The van der Waals surface area contributed by atoms with Crippen molar-refractivity contribution in [2.24, 2.45) is 5.92 Å². The van der Waals surface area contributed by atoms with Crippen LogP contribution < -0.4 is 0 Å². The first-order valence-corrected chi connectivity index (χ1v) is 7.49. The summed E-state index contributed by atoms with van der Waals surface area (Å²) in [6.45, 7) is 4.43. The monoisotopic (exact) mass is 284 g/mol. The number of carbonyl (C=O) groups is 1. The second kappa shape index (κ2) is 5.16. The van der Waals surface area contributed by atoms with Gasteiger partial charge in [0.05, 0.1) is 17.7 Å². The number of aliphatic hydroxyl groups excluding tert-OH is 1. The third-order valence-corrected chi connectivity index (χ3v) is 5.12. The Morgan fingerprint density at radius 3 is 2.86 bits per heavy atom. The quantitative estimate of drug-likeness (QED) is 0.904. The first-order chi connectivity index (χ1) is 10.0. The van der Waals surface area contributed by atoms with Crippen molar-refractivity contribution in [1.29, 1.82) is 5.26 Å². The molecule has 0 bridgehead atoms. The van der Waals surface area contributed by atoms with E-state index in [1.165, 1.54) is 0 Å². The zero-order valence-electron chi connectivity index (χ0n) is 12.5. The molecule has 1 aliphatic carbocycles. The van der Waals surface area contributed by atoms with Crippen molar-refractivity contribution in [3.05, 3.63) is 34.4 Å². The van der Waals surface area contributed by atoms with E-state index in [2.05, 4.69) is 6.07 Å². The topological polar surface area (TPSA) is 64.3 Å². The van der Waals surface area contributed by atoms with Gasteiger partial charge >= 0.3 is 0 Å². The maximum Gasteiger partial charge on any atom is 0.223 e. The molecular weight excluding hydrogens is 264 g/mol. The molecule has 1 amide bonds. The highest BCUT2D eigenvalue weighted by molar-refractivity contribution is 5.79. The Bertz CT molecular complexity index is 632. The van der Waals surface area contributed by atoms with Crippen LogP contribution in [0.3, 0.4) is 0 Å². The van der Waals surface area contributed by atoms with Crippen LogP contribution in [0.5, 0.6) is 0 Å². The van der Waals surface area contributed by atoms with Crippen LogP contribution in [0.1, 0.15) is 41.5 Å². The zero-order chi connectivity index (χ0) is 15.1. The molecule has 0 aromatic heterocycles. The van der Waals surface area contributed by atoms with Gasteiger partial charge in [-0.1, -0.05) is 12.1 Å². The highest BCUT2D eigenvalue weighted by Crippen LogP contribution is 2.39. The predicted octanol–water partition coefficient (Wildman–Crippen LogP) is 2.05. The van der Waals surface area contributed by atoms with Gasteiger partial charge in [0.2, 0.25) is 5.91 Å². The van der Waals surface area contributed by atoms with Crippen LogP contribution in [-0.4, -0.2) is 28.1 Å². The summed E-state index contributed by atoms with van der Waals surface area (Å²) in [5.74, 6) is 0.223. The molecule has 1 aromatic carbocycles. The summed E-state index contributed by atoms with van der Waals surface area (Å²) in [5.41, 5.74) is 3.68. The number of benzene rings is 1. The number of fused-ring (bicyclic) bond motifs is 1. The third-order valence-electron chi connectivity index (χ3n) is 5.12. The fourth-order valence-electron chi connectivity index (χ4n) is 3.81. The molecular formula is C17H20N2O2. The van der Waals surface area contributed by atoms with E-state index >= 15 is 0 Å². The van der Waals surface area contributed by atoms with Crippen molar-refractivity contribution in [2.45, 2.75) is 51.8 Å².